The zero-order chi connectivity index (χ0) is 14.4. The topological polar surface area (TPSA) is 74.9 Å². The highest BCUT2D eigenvalue weighted by Crippen LogP contribution is 2.36. The average molecular weight is 280 g/mol. The first-order chi connectivity index (χ1) is 9.49. The summed E-state index contributed by atoms with van der Waals surface area (Å²) < 4.78 is 7.21. The first-order valence-corrected chi connectivity index (χ1v) is 6.89. The van der Waals surface area contributed by atoms with E-state index in [1.165, 1.54) is 0 Å². The first-order valence-electron chi connectivity index (χ1n) is 6.89. The minimum absolute atomic E-state index is 0.122. The van der Waals surface area contributed by atoms with Gasteiger partial charge in [0.15, 0.2) is 0 Å². The number of aliphatic hydroxyl groups is 2. The molecule has 0 aromatic carbocycles. The number of fused-ring (bicyclic) bond motifs is 2. The van der Waals surface area contributed by atoms with Crippen molar-refractivity contribution < 1.29 is 19.7 Å². The van der Waals surface area contributed by atoms with Crippen molar-refractivity contribution in [3.8, 4) is 0 Å². The van der Waals surface area contributed by atoms with Crippen LogP contribution in [0.25, 0.3) is 0 Å². The second kappa shape index (κ2) is 4.87. The second-order valence-electron chi connectivity index (χ2n) is 5.79. The van der Waals surface area contributed by atoms with Crippen molar-refractivity contribution >= 4 is 5.97 Å². The Hall–Kier alpha value is -1.37. The Kier molecular flexibility index (Phi) is 3.32. The van der Waals surface area contributed by atoms with E-state index in [4.69, 9.17) is 4.74 Å². The van der Waals surface area contributed by atoms with Crippen molar-refractivity contribution in [2.75, 3.05) is 7.05 Å². The Morgan fingerprint density at radius 2 is 2.00 bits per heavy atom. The lowest BCUT2D eigenvalue weighted by molar-refractivity contribution is -0.0135. The van der Waals surface area contributed by atoms with E-state index in [0.29, 0.717) is 18.5 Å². The Morgan fingerprint density at radius 3 is 2.65 bits per heavy atom. The fraction of sp³-hybridized carbons (Fsp3) is 0.643. The van der Waals surface area contributed by atoms with E-state index in [1.54, 1.807) is 29.9 Å². The van der Waals surface area contributed by atoms with Crippen LogP contribution in [0.15, 0.2) is 18.3 Å². The van der Waals surface area contributed by atoms with Crippen LogP contribution in [0.5, 0.6) is 0 Å². The van der Waals surface area contributed by atoms with Crippen LogP contribution < -0.4 is 0 Å². The summed E-state index contributed by atoms with van der Waals surface area (Å²) in [5.41, 5.74) is 0.460. The summed E-state index contributed by atoms with van der Waals surface area (Å²) in [6.45, 7) is 0. The third-order valence-corrected chi connectivity index (χ3v) is 4.58. The molecule has 5 atom stereocenters. The number of hydrogen-bond acceptors (Lipinski definition) is 5. The van der Waals surface area contributed by atoms with E-state index in [2.05, 4.69) is 0 Å². The molecule has 2 N–H and O–H groups in total. The van der Waals surface area contributed by atoms with Gasteiger partial charge in [-0.3, -0.25) is 4.90 Å². The molecule has 5 unspecified atom stereocenters. The zero-order valence-electron chi connectivity index (χ0n) is 11.6. The molecule has 0 saturated carbocycles. The van der Waals surface area contributed by atoms with Crippen LogP contribution in [0.2, 0.25) is 0 Å². The Labute approximate surface area is 117 Å². The largest absolute Gasteiger partial charge is 0.453 e. The SMILES string of the molecule is CN1C2CC(O)CC1C(OC(=O)c1cccn1C)C2O. The van der Waals surface area contributed by atoms with Gasteiger partial charge < -0.3 is 19.5 Å². The fourth-order valence-corrected chi connectivity index (χ4v) is 3.43. The number of esters is 1. The van der Waals surface area contributed by atoms with Gasteiger partial charge in [0, 0.05) is 19.3 Å². The Balaban J connectivity index is 1.78. The molecule has 3 heterocycles. The Morgan fingerprint density at radius 1 is 1.30 bits per heavy atom. The average Bonchev–Trinajstić information content (AvgIpc) is 2.87. The summed E-state index contributed by atoms with van der Waals surface area (Å²) in [4.78, 5) is 14.2. The van der Waals surface area contributed by atoms with Gasteiger partial charge in [-0.15, -0.1) is 0 Å². The van der Waals surface area contributed by atoms with Crippen LogP contribution >= 0.6 is 0 Å². The normalized spacial score (nSPS) is 37.1. The van der Waals surface area contributed by atoms with Gasteiger partial charge in [0.05, 0.1) is 12.1 Å². The van der Waals surface area contributed by atoms with E-state index in [-0.39, 0.29) is 12.1 Å². The lowest BCUT2D eigenvalue weighted by atomic mass is 10.0. The van der Waals surface area contributed by atoms with Gasteiger partial charge in [-0.2, -0.15) is 0 Å². The first kappa shape index (κ1) is 13.6. The second-order valence-corrected chi connectivity index (χ2v) is 5.79. The maximum atomic E-state index is 12.2. The van der Waals surface area contributed by atoms with Gasteiger partial charge in [0.2, 0.25) is 0 Å². The molecule has 3 rings (SSSR count). The van der Waals surface area contributed by atoms with Crippen LogP contribution in [-0.2, 0) is 11.8 Å². The molecule has 0 aliphatic carbocycles. The van der Waals surface area contributed by atoms with Gasteiger partial charge in [-0.1, -0.05) is 0 Å². The lowest BCUT2D eigenvalue weighted by Gasteiger charge is -2.34. The van der Waals surface area contributed by atoms with E-state index in [9.17, 15) is 15.0 Å². The summed E-state index contributed by atoms with van der Waals surface area (Å²) in [6, 6.07) is 3.20. The fourth-order valence-electron chi connectivity index (χ4n) is 3.43. The zero-order valence-corrected chi connectivity index (χ0v) is 11.6. The molecular formula is C14H20N2O4. The lowest BCUT2D eigenvalue weighted by Crippen LogP contribution is -2.45. The number of aliphatic hydroxyl groups excluding tert-OH is 2. The number of aromatic nitrogens is 1. The van der Waals surface area contributed by atoms with Crippen molar-refractivity contribution in [2.24, 2.45) is 7.05 Å². The monoisotopic (exact) mass is 280 g/mol. The molecule has 2 aliphatic heterocycles. The summed E-state index contributed by atoms with van der Waals surface area (Å²) in [7, 11) is 3.68. The molecule has 1 aromatic rings. The van der Waals surface area contributed by atoms with E-state index >= 15 is 0 Å². The van der Waals surface area contributed by atoms with Crippen LogP contribution in [0.3, 0.4) is 0 Å². The molecule has 2 aliphatic rings. The number of nitrogens with zero attached hydrogens (tertiary/aromatic N) is 2. The summed E-state index contributed by atoms with van der Waals surface area (Å²) in [6.07, 6.45) is 1.06. The van der Waals surface area contributed by atoms with Crippen molar-refractivity contribution in [1.29, 1.82) is 0 Å². The maximum Gasteiger partial charge on any atom is 0.355 e. The van der Waals surface area contributed by atoms with Crippen molar-refractivity contribution in [3.63, 3.8) is 0 Å². The number of likely N-dealkylation sites (N-methyl/N-ethyl adjacent to an activating group) is 1. The van der Waals surface area contributed by atoms with Gasteiger partial charge >= 0.3 is 5.97 Å². The van der Waals surface area contributed by atoms with Crippen molar-refractivity contribution in [1.82, 2.24) is 9.47 Å². The Bertz CT molecular complexity index is 515. The predicted octanol–water partition coefficient (Wildman–Crippen LogP) is -0.251. The summed E-state index contributed by atoms with van der Waals surface area (Å²) >= 11 is 0. The highest BCUT2D eigenvalue weighted by Gasteiger charge is 2.52. The van der Waals surface area contributed by atoms with Crippen LogP contribution in [0, 0.1) is 0 Å². The van der Waals surface area contributed by atoms with E-state index in [0.717, 1.165) is 0 Å². The molecule has 0 spiro atoms. The third kappa shape index (κ3) is 2.04. The molecule has 6 nitrogen and oxygen atoms in total. The van der Waals surface area contributed by atoms with Gasteiger partial charge in [-0.05, 0) is 32.0 Å². The number of ether oxygens (including phenoxy) is 1. The van der Waals surface area contributed by atoms with E-state index in [1.807, 2.05) is 11.9 Å². The number of rotatable bonds is 2. The number of carbonyl (C=O) groups excluding carboxylic acids is 1. The van der Waals surface area contributed by atoms with Gasteiger partial charge in [-0.25, -0.2) is 4.79 Å². The minimum Gasteiger partial charge on any atom is -0.453 e. The molecule has 0 radical (unpaired) electrons. The molecule has 2 fully saturated rings. The van der Waals surface area contributed by atoms with Crippen LogP contribution in [0.1, 0.15) is 23.3 Å². The number of piperidine rings is 1. The van der Waals surface area contributed by atoms with E-state index < -0.39 is 24.3 Å². The highest BCUT2D eigenvalue weighted by atomic mass is 16.6. The summed E-state index contributed by atoms with van der Waals surface area (Å²) in [5, 5.41) is 20.1. The highest BCUT2D eigenvalue weighted by molar-refractivity contribution is 5.87. The molecule has 2 saturated heterocycles. The smallest absolute Gasteiger partial charge is 0.355 e. The quantitative estimate of drug-likeness (QED) is 0.731. The molecule has 0 amide bonds. The molecule has 110 valence electrons. The molecular weight excluding hydrogens is 260 g/mol. The number of carbonyl (C=O) groups is 1. The molecule has 20 heavy (non-hydrogen) atoms. The molecule has 2 bridgehead atoms. The van der Waals surface area contributed by atoms with Crippen LogP contribution in [0.4, 0.5) is 0 Å². The number of aryl methyl sites for hydroxylation is 1. The van der Waals surface area contributed by atoms with Gasteiger partial charge in [0.1, 0.15) is 17.9 Å². The van der Waals surface area contributed by atoms with Crippen molar-refractivity contribution in [3.05, 3.63) is 24.0 Å². The number of hydrogen-bond donors (Lipinski definition) is 2. The minimum atomic E-state index is -0.744. The third-order valence-electron chi connectivity index (χ3n) is 4.58. The van der Waals surface area contributed by atoms with Crippen LogP contribution in [-0.4, -0.2) is 63.1 Å². The molecule has 1 aromatic heterocycles. The maximum absolute atomic E-state index is 12.2. The molecule has 6 heteroatoms. The summed E-state index contributed by atoms with van der Waals surface area (Å²) in [5.74, 6) is -0.433. The van der Waals surface area contributed by atoms with Crippen molar-refractivity contribution in [2.45, 2.75) is 43.2 Å². The predicted molar refractivity (Wildman–Crippen MR) is 71.2 cm³/mol. The standard InChI is InChI=1S/C14H20N2O4/c1-15-5-3-4-9(15)14(19)20-13-11-7-8(17)6-10(12(13)18)16(11)2/h3-5,8,10-13,17-18H,6-7H2,1-2H3. The van der Waals surface area contributed by atoms with Gasteiger partial charge in [0.25, 0.3) is 0 Å².